The van der Waals surface area contributed by atoms with Crippen LogP contribution in [0.5, 0.6) is 0 Å². The van der Waals surface area contributed by atoms with Crippen molar-refractivity contribution in [1.82, 2.24) is 4.98 Å². The van der Waals surface area contributed by atoms with Crippen LogP contribution < -0.4 is 0 Å². The molecule has 2 aromatic rings. The largest absolute Gasteiger partial charge is 0.393 e. The van der Waals surface area contributed by atoms with Gasteiger partial charge in [0.05, 0.1) is 11.6 Å². The molecule has 1 aromatic carbocycles. The highest BCUT2D eigenvalue weighted by Crippen LogP contribution is 2.22. The second-order valence-electron chi connectivity index (χ2n) is 5.01. The third-order valence-electron chi connectivity index (χ3n) is 3.37. The summed E-state index contributed by atoms with van der Waals surface area (Å²) in [7, 11) is 0. The number of para-hydroxylation sites is 1. The second kappa shape index (κ2) is 5.96. The number of nitrogens with zero attached hydrogens (tertiary/aromatic N) is 1. The summed E-state index contributed by atoms with van der Waals surface area (Å²) in [5.74, 6) is 0.302. The molecule has 1 N–H and O–H groups in total. The maximum absolute atomic E-state index is 9.87. The number of benzene rings is 1. The van der Waals surface area contributed by atoms with Gasteiger partial charge >= 0.3 is 0 Å². The SMILES string of the molecule is CCCC(O)CC(C)c1ccc2ccccc2n1. The van der Waals surface area contributed by atoms with Gasteiger partial charge in [0.2, 0.25) is 0 Å². The first-order valence-electron chi connectivity index (χ1n) is 6.74. The molecule has 0 aliphatic heterocycles. The van der Waals surface area contributed by atoms with E-state index in [1.54, 1.807) is 0 Å². The van der Waals surface area contributed by atoms with E-state index in [4.69, 9.17) is 0 Å². The maximum Gasteiger partial charge on any atom is 0.0705 e. The smallest absolute Gasteiger partial charge is 0.0705 e. The van der Waals surface area contributed by atoms with Crippen LogP contribution in [0.25, 0.3) is 10.9 Å². The molecule has 2 atom stereocenters. The van der Waals surface area contributed by atoms with Crippen LogP contribution in [0.3, 0.4) is 0 Å². The third-order valence-corrected chi connectivity index (χ3v) is 3.37. The fourth-order valence-corrected chi connectivity index (χ4v) is 2.34. The summed E-state index contributed by atoms with van der Waals surface area (Å²) < 4.78 is 0. The molecule has 18 heavy (non-hydrogen) atoms. The van der Waals surface area contributed by atoms with Gasteiger partial charge in [-0.25, -0.2) is 0 Å². The Labute approximate surface area is 109 Å². The molecule has 0 aliphatic rings. The summed E-state index contributed by atoms with van der Waals surface area (Å²) >= 11 is 0. The van der Waals surface area contributed by atoms with Gasteiger partial charge in [0.1, 0.15) is 0 Å². The summed E-state index contributed by atoms with van der Waals surface area (Å²) in [4.78, 5) is 4.68. The molecule has 0 radical (unpaired) electrons. The minimum atomic E-state index is -0.210. The predicted molar refractivity (Wildman–Crippen MR) is 75.7 cm³/mol. The van der Waals surface area contributed by atoms with Crippen molar-refractivity contribution < 1.29 is 5.11 Å². The van der Waals surface area contributed by atoms with E-state index >= 15 is 0 Å². The second-order valence-corrected chi connectivity index (χ2v) is 5.01. The molecule has 0 amide bonds. The van der Waals surface area contributed by atoms with Crippen molar-refractivity contribution in [3.05, 3.63) is 42.1 Å². The lowest BCUT2D eigenvalue weighted by Gasteiger charge is -2.16. The van der Waals surface area contributed by atoms with Crippen molar-refractivity contribution in [2.45, 2.75) is 45.1 Å². The molecule has 2 unspecified atom stereocenters. The van der Waals surface area contributed by atoms with Gasteiger partial charge in [-0.1, -0.05) is 44.5 Å². The molecule has 1 heterocycles. The molecule has 2 rings (SSSR count). The summed E-state index contributed by atoms with van der Waals surface area (Å²) in [6, 6.07) is 12.3. The minimum Gasteiger partial charge on any atom is -0.393 e. The lowest BCUT2D eigenvalue weighted by molar-refractivity contribution is 0.146. The molecule has 1 aromatic heterocycles. The van der Waals surface area contributed by atoms with Gasteiger partial charge < -0.3 is 5.11 Å². The highest BCUT2D eigenvalue weighted by Gasteiger charge is 2.13. The zero-order chi connectivity index (χ0) is 13.0. The normalized spacial score (nSPS) is 14.6. The monoisotopic (exact) mass is 243 g/mol. The van der Waals surface area contributed by atoms with Crippen molar-refractivity contribution in [3.8, 4) is 0 Å². The molecule has 0 fully saturated rings. The van der Waals surface area contributed by atoms with E-state index in [9.17, 15) is 5.11 Å². The van der Waals surface area contributed by atoms with Crippen LogP contribution in [-0.4, -0.2) is 16.2 Å². The van der Waals surface area contributed by atoms with Gasteiger partial charge in [0, 0.05) is 17.0 Å². The summed E-state index contributed by atoms with van der Waals surface area (Å²) in [5.41, 5.74) is 2.11. The molecular weight excluding hydrogens is 222 g/mol. The molecular formula is C16H21NO. The molecule has 0 spiro atoms. The van der Waals surface area contributed by atoms with E-state index in [2.05, 4.69) is 37.0 Å². The van der Waals surface area contributed by atoms with Crippen molar-refractivity contribution >= 4 is 10.9 Å². The van der Waals surface area contributed by atoms with Gasteiger partial charge in [-0.15, -0.1) is 0 Å². The molecule has 0 saturated heterocycles. The molecule has 2 heteroatoms. The third kappa shape index (κ3) is 3.08. The Morgan fingerprint density at radius 2 is 1.94 bits per heavy atom. The number of rotatable bonds is 5. The molecule has 2 nitrogen and oxygen atoms in total. The Hall–Kier alpha value is -1.41. The standard InChI is InChI=1S/C16H21NO/c1-3-6-14(18)11-12(2)15-10-9-13-7-4-5-8-16(13)17-15/h4-5,7-10,12,14,18H,3,6,11H2,1-2H3. The number of pyridine rings is 1. The first-order valence-corrected chi connectivity index (χ1v) is 6.74. The van der Waals surface area contributed by atoms with Crippen molar-refractivity contribution in [2.24, 2.45) is 0 Å². The van der Waals surface area contributed by atoms with E-state index in [1.807, 2.05) is 18.2 Å². The van der Waals surface area contributed by atoms with Crippen LogP contribution in [-0.2, 0) is 0 Å². The van der Waals surface area contributed by atoms with Crippen LogP contribution in [0.4, 0.5) is 0 Å². The fraction of sp³-hybridized carbons (Fsp3) is 0.438. The quantitative estimate of drug-likeness (QED) is 0.864. The highest BCUT2D eigenvalue weighted by atomic mass is 16.3. The average molecular weight is 243 g/mol. The van der Waals surface area contributed by atoms with Gasteiger partial charge in [-0.3, -0.25) is 4.98 Å². The Bertz CT molecular complexity index is 509. The van der Waals surface area contributed by atoms with E-state index in [-0.39, 0.29) is 6.10 Å². The van der Waals surface area contributed by atoms with Gasteiger partial charge in [-0.2, -0.15) is 0 Å². The fourth-order valence-electron chi connectivity index (χ4n) is 2.34. The van der Waals surface area contributed by atoms with Gasteiger partial charge in [0.15, 0.2) is 0 Å². The zero-order valence-corrected chi connectivity index (χ0v) is 11.1. The predicted octanol–water partition coefficient (Wildman–Crippen LogP) is 3.89. The first-order chi connectivity index (χ1) is 8.70. The van der Waals surface area contributed by atoms with Crippen LogP contribution >= 0.6 is 0 Å². The number of aliphatic hydroxyl groups excluding tert-OH is 1. The van der Waals surface area contributed by atoms with Gasteiger partial charge in [0.25, 0.3) is 0 Å². The van der Waals surface area contributed by atoms with Crippen molar-refractivity contribution in [2.75, 3.05) is 0 Å². The highest BCUT2D eigenvalue weighted by molar-refractivity contribution is 5.78. The average Bonchev–Trinajstić information content (AvgIpc) is 2.38. The van der Waals surface area contributed by atoms with Crippen LogP contribution in [0.1, 0.15) is 44.7 Å². The summed E-state index contributed by atoms with van der Waals surface area (Å²) in [6.45, 7) is 4.23. The Morgan fingerprint density at radius 3 is 2.72 bits per heavy atom. The van der Waals surface area contributed by atoms with Crippen LogP contribution in [0, 0.1) is 0 Å². The maximum atomic E-state index is 9.87. The van der Waals surface area contributed by atoms with E-state index in [0.717, 1.165) is 30.5 Å². The van der Waals surface area contributed by atoms with E-state index in [0.29, 0.717) is 5.92 Å². The Balaban J connectivity index is 2.15. The number of aromatic nitrogens is 1. The topological polar surface area (TPSA) is 33.1 Å². The molecule has 96 valence electrons. The number of aliphatic hydroxyl groups is 1. The first kappa shape index (κ1) is 13.0. The lowest BCUT2D eigenvalue weighted by atomic mass is 9.97. The molecule has 0 bridgehead atoms. The Kier molecular flexibility index (Phi) is 4.32. The van der Waals surface area contributed by atoms with Crippen molar-refractivity contribution in [3.63, 3.8) is 0 Å². The van der Waals surface area contributed by atoms with Crippen LogP contribution in [0.15, 0.2) is 36.4 Å². The van der Waals surface area contributed by atoms with Gasteiger partial charge in [-0.05, 0) is 25.0 Å². The molecule has 0 saturated carbocycles. The van der Waals surface area contributed by atoms with Crippen molar-refractivity contribution in [1.29, 1.82) is 0 Å². The van der Waals surface area contributed by atoms with Crippen LogP contribution in [0.2, 0.25) is 0 Å². The number of hydrogen-bond acceptors (Lipinski definition) is 2. The number of hydrogen-bond donors (Lipinski definition) is 1. The number of fused-ring (bicyclic) bond motifs is 1. The summed E-state index contributed by atoms with van der Waals surface area (Å²) in [5, 5.41) is 11.0. The van der Waals surface area contributed by atoms with E-state index < -0.39 is 0 Å². The Morgan fingerprint density at radius 1 is 1.17 bits per heavy atom. The molecule has 0 aliphatic carbocycles. The lowest BCUT2D eigenvalue weighted by Crippen LogP contribution is -2.11. The zero-order valence-electron chi connectivity index (χ0n) is 11.1. The minimum absolute atomic E-state index is 0.210. The van der Waals surface area contributed by atoms with E-state index in [1.165, 1.54) is 5.39 Å². The summed E-state index contributed by atoms with van der Waals surface area (Å²) in [6.07, 6.45) is 2.48.